The van der Waals surface area contributed by atoms with Gasteiger partial charge in [0.25, 0.3) is 0 Å². The number of piperazine rings is 1. The molecule has 0 spiro atoms. The Morgan fingerprint density at radius 3 is 2.68 bits per heavy atom. The van der Waals surface area contributed by atoms with Crippen molar-refractivity contribution in [2.24, 2.45) is 0 Å². The molecule has 7 nitrogen and oxygen atoms in total. The zero-order valence-electron chi connectivity index (χ0n) is 21.1. The number of rotatable bonds is 8. The standard InChI is InChI=1S/C27H29F3N4O3S/c1-17-13-33(15-22(35)16-36-23-7-8-26-24(12-23)31-18(2)38-26)9-10-34(17)14-21-11-25(37-32-21)19-3-5-20(6-4-19)27(28,29)30/h3-8,11-12,17,22,35H,9-10,13-16H2,1-2H3/t17-,22+/m0/s1. The van der Waals surface area contributed by atoms with Gasteiger partial charge in [-0.3, -0.25) is 9.80 Å². The molecule has 2 aromatic carbocycles. The fourth-order valence-electron chi connectivity index (χ4n) is 4.68. The highest BCUT2D eigenvalue weighted by molar-refractivity contribution is 7.18. The Morgan fingerprint density at radius 2 is 1.95 bits per heavy atom. The first-order valence-corrected chi connectivity index (χ1v) is 13.2. The summed E-state index contributed by atoms with van der Waals surface area (Å²) in [5.74, 6) is 1.13. The average molecular weight is 547 g/mol. The van der Waals surface area contributed by atoms with Crippen LogP contribution in [0.3, 0.4) is 0 Å². The first kappa shape index (κ1) is 26.6. The molecule has 1 aliphatic heterocycles. The van der Waals surface area contributed by atoms with Crippen molar-refractivity contribution in [1.29, 1.82) is 0 Å². The van der Waals surface area contributed by atoms with Gasteiger partial charge >= 0.3 is 6.18 Å². The van der Waals surface area contributed by atoms with E-state index in [0.717, 1.165) is 52.7 Å². The smallest absolute Gasteiger partial charge is 0.416 e. The predicted octanol–water partition coefficient (Wildman–Crippen LogP) is 5.22. The van der Waals surface area contributed by atoms with Gasteiger partial charge in [-0.2, -0.15) is 13.2 Å². The number of nitrogens with zero attached hydrogens (tertiary/aromatic N) is 4. The summed E-state index contributed by atoms with van der Waals surface area (Å²) in [5.41, 5.74) is 1.48. The van der Waals surface area contributed by atoms with E-state index >= 15 is 0 Å². The van der Waals surface area contributed by atoms with E-state index in [4.69, 9.17) is 9.26 Å². The molecule has 3 heterocycles. The Balaban J connectivity index is 1.09. The van der Waals surface area contributed by atoms with Gasteiger partial charge in [0.05, 0.1) is 26.5 Å². The molecule has 1 saturated heterocycles. The lowest BCUT2D eigenvalue weighted by molar-refractivity contribution is -0.137. The van der Waals surface area contributed by atoms with Crippen LogP contribution in [-0.4, -0.2) is 70.0 Å². The largest absolute Gasteiger partial charge is 0.491 e. The minimum Gasteiger partial charge on any atom is -0.491 e. The van der Waals surface area contributed by atoms with Crippen LogP contribution in [0.5, 0.6) is 5.75 Å². The zero-order valence-corrected chi connectivity index (χ0v) is 21.9. The first-order valence-electron chi connectivity index (χ1n) is 12.4. The van der Waals surface area contributed by atoms with Crippen molar-refractivity contribution in [3.63, 3.8) is 0 Å². The van der Waals surface area contributed by atoms with Crippen molar-refractivity contribution in [1.82, 2.24) is 19.9 Å². The lowest BCUT2D eigenvalue weighted by Crippen LogP contribution is -2.53. The number of hydrogen-bond acceptors (Lipinski definition) is 8. The number of aromatic nitrogens is 2. The van der Waals surface area contributed by atoms with Crippen LogP contribution in [0.15, 0.2) is 53.1 Å². The van der Waals surface area contributed by atoms with Gasteiger partial charge in [-0.25, -0.2) is 4.98 Å². The van der Waals surface area contributed by atoms with Crippen molar-refractivity contribution in [2.75, 3.05) is 32.8 Å². The van der Waals surface area contributed by atoms with E-state index in [-0.39, 0.29) is 12.6 Å². The Kier molecular flexibility index (Phi) is 7.71. The summed E-state index contributed by atoms with van der Waals surface area (Å²) in [6.07, 6.45) is -4.99. The van der Waals surface area contributed by atoms with E-state index in [1.165, 1.54) is 12.1 Å². The van der Waals surface area contributed by atoms with E-state index in [1.54, 1.807) is 17.4 Å². The van der Waals surface area contributed by atoms with Gasteiger partial charge in [-0.05, 0) is 38.1 Å². The predicted molar refractivity (Wildman–Crippen MR) is 139 cm³/mol. The number of benzene rings is 2. The monoisotopic (exact) mass is 546 g/mol. The Labute approximate surface area is 222 Å². The van der Waals surface area contributed by atoms with Crippen LogP contribution in [0.2, 0.25) is 0 Å². The average Bonchev–Trinajstić information content (AvgIpc) is 3.49. The van der Waals surface area contributed by atoms with Crippen LogP contribution in [0, 0.1) is 6.92 Å². The molecule has 4 aromatic rings. The topological polar surface area (TPSA) is 74.9 Å². The molecule has 1 aliphatic rings. The second kappa shape index (κ2) is 11.0. The van der Waals surface area contributed by atoms with Gasteiger partial charge in [0.15, 0.2) is 5.76 Å². The van der Waals surface area contributed by atoms with Gasteiger partial charge in [0, 0.05) is 56.5 Å². The number of halogens is 3. The fourth-order valence-corrected chi connectivity index (χ4v) is 5.49. The second-order valence-corrected chi connectivity index (χ2v) is 10.9. The number of ether oxygens (including phenoxy) is 1. The SMILES string of the molecule is Cc1nc2cc(OC[C@H](O)CN3CCN(Cc4cc(-c5ccc(C(F)(F)F)cc5)on4)[C@@H](C)C3)ccc2s1. The van der Waals surface area contributed by atoms with Crippen molar-refractivity contribution in [2.45, 2.75) is 38.7 Å². The van der Waals surface area contributed by atoms with E-state index in [9.17, 15) is 18.3 Å². The molecule has 0 amide bonds. The lowest BCUT2D eigenvalue weighted by Gasteiger charge is -2.40. The third-order valence-corrected chi connectivity index (χ3v) is 7.60. The van der Waals surface area contributed by atoms with Crippen LogP contribution in [0.1, 0.15) is 23.2 Å². The van der Waals surface area contributed by atoms with Crippen LogP contribution in [-0.2, 0) is 12.7 Å². The van der Waals surface area contributed by atoms with E-state index in [0.29, 0.717) is 30.2 Å². The molecule has 202 valence electrons. The third-order valence-electron chi connectivity index (χ3n) is 6.65. The summed E-state index contributed by atoms with van der Waals surface area (Å²) in [6, 6.07) is 12.6. The van der Waals surface area contributed by atoms with Crippen LogP contribution < -0.4 is 4.74 Å². The normalized spacial score (nSPS) is 18.2. The highest BCUT2D eigenvalue weighted by Gasteiger charge is 2.30. The maximum atomic E-state index is 12.8. The number of thiazole rings is 1. The van der Waals surface area contributed by atoms with Crippen molar-refractivity contribution >= 4 is 21.6 Å². The molecular weight excluding hydrogens is 517 g/mol. The van der Waals surface area contributed by atoms with Gasteiger partial charge in [0.1, 0.15) is 18.5 Å². The Morgan fingerprint density at radius 1 is 1.16 bits per heavy atom. The molecule has 0 bridgehead atoms. The number of β-amino-alcohol motifs (C(OH)–C–C–N with tert-alkyl or cyclic N) is 1. The maximum absolute atomic E-state index is 12.8. The molecule has 38 heavy (non-hydrogen) atoms. The molecule has 0 aliphatic carbocycles. The number of aliphatic hydroxyl groups is 1. The number of hydrogen-bond donors (Lipinski definition) is 1. The maximum Gasteiger partial charge on any atom is 0.416 e. The van der Waals surface area contributed by atoms with E-state index in [1.807, 2.05) is 25.1 Å². The summed E-state index contributed by atoms with van der Waals surface area (Å²) in [4.78, 5) is 8.98. The van der Waals surface area contributed by atoms with Crippen LogP contribution in [0.4, 0.5) is 13.2 Å². The number of fused-ring (bicyclic) bond motifs is 1. The molecule has 5 rings (SSSR count). The molecule has 0 unspecified atom stereocenters. The first-order chi connectivity index (χ1) is 18.1. The molecule has 1 N–H and O–H groups in total. The van der Waals surface area contributed by atoms with Crippen molar-refractivity contribution in [3.05, 3.63) is 64.8 Å². The lowest BCUT2D eigenvalue weighted by atomic mass is 10.1. The minimum absolute atomic E-state index is 0.203. The minimum atomic E-state index is -4.37. The van der Waals surface area contributed by atoms with Gasteiger partial charge in [-0.15, -0.1) is 11.3 Å². The summed E-state index contributed by atoms with van der Waals surface area (Å²) < 4.78 is 50.8. The highest BCUT2D eigenvalue weighted by atomic mass is 32.1. The number of alkyl halides is 3. The Bertz CT molecular complexity index is 1370. The molecule has 1 fully saturated rings. The van der Waals surface area contributed by atoms with Crippen molar-refractivity contribution < 1.29 is 27.5 Å². The zero-order chi connectivity index (χ0) is 26.9. The quantitative estimate of drug-likeness (QED) is 0.325. The number of aliphatic hydroxyl groups excluding tert-OH is 1. The molecular formula is C27H29F3N4O3S. The third kappa shape index (κ3) is 6.35. The van der Waals surface area contributed by atoms with Gasteiger partial charge in [-0.1, -0.05) is 17.3 Å². The van der Waals surface area contributed by atoms with E-state index < -0.39 is 17.8 Å². The Hall–Kier alpha value is -2.99. The van der Waals surface area contributed by atoms with Gasteiger partial charge in [0.2, 0.25) is 0 Å². The van der Waals surface area contributed by atoms with Crippen LogP contribution >= 0.6 is 11.3 Å². The summed E-state index contributed by atoms with van der Waals surface area (Å²) in [5, 5.41) is 15.7. The van der Waals surface area contributed by atoms with E-state index in [2.05, 4.69) is 26.9 Å². The molecule has 2 atom stereocenters. The second-order valence-electron chi connectivity index (χ2n) is 9.66. The fraction of sp³-hybridized carbons (Fsp3) is 0.407. The summed E-state index contributed by atoms with van der Waals surface area (Å²) in [7, 11) is 0. The highest BCUT2D eigenvalue weighted by Crippen LogP contribution is 2.31. The summed E-state index contributed by atoms with van der Waals surface area (Å²) >= 11 is 1.64. The van der Waals surface area contributed by atoms with Crippen LogP contribution in [0.25, 0.3) is 21.5 Å². The van der Waals surface area contributed by atoms with Gasteiger partial charge < -0.3 is 14.4 Å². The molecule has 0 radical (unpaired) electrons. The summed E-state index contributed by atoms with van der Waals surface area (Å²) in [6.45, 7) is 7.74. The number of aryl methyl sites for hydroxylation is 1. The molecule has 2 aromatic heterocycles. The van der Waals surface area contributed by atoms with Crippen molar-refractivity contribution in [3.8, 4) is 17.1 Å². The molecule has 11 heteroatoms. The molecule has 0 saturated carbocycles.